The van der Waals surface area contributed by atoms with Crippen LogP contribution < -0.4 is 4.74 Å². The molecule has 1 aliphatic heterocycles. The van der Waals surface area contributed by atoms with Crippen molar-refractivity contribution in [2.75, 3.05) is 19.7 Å². The highest BCUT2D eigenvalue weighted by Crippen LogP contribution is 2.13. The zero-order valence-electron chi connectivity index (χ0n) is 10.8. The van der Waals surface area contributed by atoms with E-state index in [4.69, 9.17) is 9.94 Å². The number of oxime groups is 1. The molecule has 0 aromatic heterocycles. The molecule has 1 aromatic rings. The second kappa shape index (κ2) is 6.78. The number of amides is 1. The molecule has 1 saturated heterocycles. The normalized spacial score (nSPS) is 15.7. The second-order valence-corrected chi connectivity index (χ2v) is 4.54. The lowest BCUT2D eigenvalue weighted by atomic mass is 10.1. The van der Waals surface area contributed by atoms with Gasteiger partial charge in [-0.1, -0.05) is 5.16 Å². The number of ether oxygens (including phenoxy) is 1. The molecule has 1 aliphatic rings. The zero-order chi connectivity index (χ0) is 13.5. The van der Waals surface area contributed by atoms with Crippen molar-refractivity contribution in [1.82, 2.24) is 4.90 Å². The molecule has 102 valence electrons. The van der Waals surface area contributed by atoms with Crippen molar-refractivity contribution in [3.63, 3.8) is 0 Å². The topological polar surface area (TPSA) is 62.1 Å². The average Bonchev–Trinajstić information content (AvgIpc) is 2.47. The van der Waals surface area contributed by atoms with Gasteiger partial charge in [-0.25, -0.2) is 0 Å². The first-order valence-corrected chi connectivity index (χ1v) is 6.47. The number of benzene rings is 1. The van der Waals surface area contributed by atoms with E-state index in [-0.39, 0.29) is 12.5 Å². The Kier molecular flexibility index (Phi) is 4.78. The van der Waals surface area contributed by atoms with E-state index in [1.807, 2.05) is 4.90 Å². The van der Waals surface area contributed by atoms with E-state index in [0.29, 0.717) is 5.75 Å². The van der Waals surface area contributed by atoms with Gasteiger partial charge in [0.2, 0.25) is 0 Å². The Morgan fingerprint density at radius 1 is 1.26 bits per heavy atom. The molecule has 0 radical (unpaired) electrons. The number of piperidine rings is 1. The maximum Gasteiger partial charge on any atom is 0.260 e. The van der Waals surface area contributed by atoms with Crippen molar-refractivity contribution >= 4 is 12.1 Å². The molecule has 0 atom stereocenters. The summed E-state index contributed by atoms with van der Waals surface area (Å²) in [6.45, 7) is 1.76. The van der Waals surface area contributed by atoms with Gasteiger partial charge in [0.05, 0.1) is 6.21 Å². The Labute approximate surface area is 112 Å². The largest absolute Gasteiger partial charge is 0.484 e. The zero-order valence-corrected chi connectivity index (χ0v) is 10.8. The van der Waals surface area contributed by atoms with Crippen LogP contribution >= 0.6 is 0 Å². The number of likely N-dealkylation sites (tertiary alicyclic amines) is 1. The molecule has 1 amide bonds. The Morgan fingerprint density at radius 3 is 2.58 bits per heavy atom. The molecule has 5 heteroatoms. The van der Waals surface area contributed by atoms with Gasteiger partial charge in [0, 0.05) is 13.1 Å². The molecule has 0 saturated carbocycles. The lowest BCUT2D eigenvalue weighted by Gasteiger charge is -2.26. The summed E-state index contributed by atoms with van der Waals surface area (Å²) >= 11 is 0. The summed E-state index contributed by atoms with van der Waals surface area (Å²) in [7, 11) is 0. The minimum Gasteiger partial charge on any atom is -0.484 e. The summed E-state index contributed by atoms with van der Waals surface area (Å²) in [6, 6.07) is 7.03. The first-order valence-electron chi connectivity index (χ1n) is 6.47. The van der Waals surface area contributed by atoms with E-state index in [1.54, 1.807) is 24.3 Å². The van der Waals surface area contributed by atoms with Crippen molar-refractivity contribution in [2.45, 2.75) is 19.3 Å². The number of nitrogens with zero attached hydrogens (tertiary/aromatic N) is 2. The van der Waals surface area contributed by atoms with E-state index in [1.165, 1.54) is 12.6 Å². The van der Waals surface area contributed by atoms with Crippen LogP contribution in [0.3, 0.4) is 0 Å². The van der Waals surface area contributed by atoms with E-state index in [9.17, 15) is 4.79 Å². The van der Waals surface area contributed by atoms with Gasteiger partial charge in [0.15, 0.2) is 6.61 Å². The van der Waals surface area contributed by atoms with Crippen molar-refractivity contribution in [2.24, 2.45) is 5.16 Å². The second-order valence-electron chi connectivity index (χ2n) is 4.54. The fraction of sp³-hybridized carbons (Fsp3) is 0.429. The number of hydrogen-bond donors (Lipinski definition) is 1. The lowest BCUT2D eigenvalue weighted by molar-refractivity contribution is -0.134. The molecule has 1 heterocycles. The highest BCUT2D eigenvalue weighted by atomic mass is 16.5. The molecular weight excluding hydrogens is 244 g/mol. The molecule has 19 heavy (non-hydrogen) atoms. The van der Waals surface area contributed by atoms with Gasteiger partial charge in [0.25, 0.3) is 5.91 Å². The fourth-order valence-electron chi connectivity index (χ4n) is 2.10. The van der Waals surface area contributed by atoms with Gasteiger partial charge >= 0.3 is 0 Å². The molecule has 0 unspecified atom stereocenters. The van der Waals surface area contributed by atoms with Crippen LogP contribution in [0.2, 0.25) is 0 Å². The minimum absolute atomic E-state index is 0.0423. The summed E-state index contributed by atoms with van der Waals surface area (Å²) < 4.78 is 5.46. The van der Waals surface area contributed by atoms with Gasteiger partial charge < -0.3 is 14.8 Å². The van der Waals surface area contributed by atoms with Gasteiger partial charge in [-0.2, -0.15) is 0 Å². The molecule has 0 bridgehead atoms. The van der Waals surface area contributed by atoms with E-state index in [2.05, 4.69) is 5.16 Å². The van der Waals surface area contributed by atoms with Crippen LogP contribution in [0.25, 0.3) is 0 Å². The Hall–Kier alpha value is -2.04. The minimum atomic E-state index is 0.0423. The predicted octanol–water partition coefficient (Wildman–Crippen LogP) is 1.89. The van der Waals surface area contributed by atoms with Crippen LogP contribution in [-0.2, 0) is 4.79 Å². The summed E-state index contributed by atoms with van der Waals surface area (Å²) in [5.41, 5.74) is 0.775. The summed E-state index contributed by atoms with van der Waals surface area (Å²) in [5.74, 6) is 0.682. The standard InChI is InChI=1S/C14H18N2O3/c17-14(16-8-2-1-3-9-16)11-19-13-6-4-12(5-7-13)10-15-18/h4-7,10,18H,1-3,8-9,11H2/b15-10+. The predicted molar refractivity (Wildman–Crippen MR) is 71.7 cm³/mol. The number of rotatable bonds is 4. The third kappa shape index (κ3) is 3.98. The number of carbonyl (C=O) groups is 1. The molecule has 0 spiro atoms. The van der Waals surface area contributed by atoms with Crippen LogP contribution in [-0.4, -0.2) is 41.9 Å². The highest BCUT2D eigenvalue weighted by Gasteiger charge is 2.16. The average molecular weight is 262 g/mol. The van der Waals surface area contributed by atoms with Gasteiger partial charge in [-0.3, -0.25) is 4.79 Å². The van der Waals surface area contributed by atoms with Crippen LogP contribution in [0.1, 0.15) is 24.8 Å². The molecular formula is C14H18N2O3. The van der Waals surface area contributed by atoms with Crippen molar-refractivity contribution in [3.8, 4) is 5.75 Å². The SMILES string of the molecule is O=C(COc1ccc(/C=N/O)cc1)N1CCCCC1. The summed E-state index contributed by atoms with van der Waals surface area (Å²) in [5, 5.41) is 11.3. The molecule has 0 aliphatic carbocycles. The van der Waals surface area contributed by atoms with E-state index in [0.717, 1.165) is 31.5 Å². The van der Waals surface area contributed by atoms with Crippen molar-refractivity contribution < 1.29 is 14.7 Å². The summed E-state index contributed by atoms with van der Waals surface area (Å²) in [4.78, 5) is 13.7. The highest BCUT2D eigenvalue weighted by molar-refractivity contribution is 5.79. The molecule has 1 fully saturated rings. The van der Waals surface area contributed by atoms with Crippen LogP contribution in [0.15, 0.2) is 29.4 Å². The van der Waals surface area contributed by atoms with Gasteiger partial charge in [-0.15, -0.1) is 0 Å². The molecule has 5 nitrogen and oxygen atoms in total. The van der Waals surface area contributed by atoms with Crippen LogP contribution in [0, 0.1) is 0 Å². The lowest BCUT2D eigenvalue weighted by Crippen LogP contribution is -2.38. The first kappa shape index (κ1) is 13.4. The van der Waals surface area contributed by atoms with Gasteiger partial charge in [-0.05, 0) is 49.1 Å². The monoisotopic (exact) mass is 262 g/mol. The maximum atomic E-state index is 11.9. The third-order valence-corrected chi connectivity index (χ3v) is 3.16. The van der Waals surface area contributed by atoms with E-state index < -0.39 is 0 Å². The molecule has 1 aromatic carbocycles. The third-order valence-electron chi connectivity index (χ3n) is 3.16. The Bertz CT molecular complexity index is 437. The quantitative estimate of drug-likeness (QED) is 0.512. The van der Waals surface area contributed by atoms with Crippen LogP contribution in [0.4, 0.5) is 0 Å². The smallest absolute Gasteiger partial charge is 0.260 e. The fourth-order valence-corrected chi connectivity index (χ4v) is 2.10. The summed E-state index contributed by atoms with van der Waals surface area (Å²) in [6.07, 6.45) is 4.71. The van der Waals surface area contributed by atoms with Crippen LogP contribution in [0.5, 0.6) is 5.75 Å². The molecule has 2 rings (SSSR count). The van der Waals surface area contributed by atoms with Crippen molar-refractivity contribution in [1.29, 1.82) is 0 Å². The Balaban J connectivity index is 1.82. The number of hydrogen-bond acceptors (Lipinski definition) is 4. The molecule has 1 N–H and O–H groups in total. The van der Waals surface area contributed by atoms with Gasteiger partial charge in [0.1, 0.15) is 5.75 Å². The van der Waals surface area contributed by atoms with Crippen molar-refractivity contribution in [3.05, 3.63) is 29.8 Å². The Morgan fingerprint density at radius 2 is 1.95 bits per heavy atom. The maximum absolute atomic E-state index is 11.9. The van der Waals surface area contributed by atoms with E-state index >= 15 is 0 Å². The number of carbonyl (C=O) groups excluding carboxylic acids is 1. The first-order chi connectivity index (χ1) is 9.29.